The molecule has 0 aromatic carbocycles. The van der Waals surface area contributed by atoms with Crippen LogP contribution >= 0.6 is 0 Å². The molecule has 0 aliphatic carbocycles. The Labute approximate surface area is 256 Å². The van der Waals surface area contributed by atoms with E-state index in [9.17, 15) is 0 Å². The highest BCUT2D eigenvalue weighted by atomic mass is 14.0. The molecule has 1 radical (unpaired) electrons. The van der Waals surface area contributed by atoms with E-state index in [0.29, 0.717) is 0 Å². The maximum Gasteiger partial charge on any atom is 0.00860 e. The first-order chi connectivity index (χ1) is 19.9. The lowest BCUT2D eigenvalue weighted by atomic mass is 10.0. The predicted molar refractivity (Wildman–Crippen MR) is 185 cm³/mol. The number of hydrogen-bond acceptors (Lipinski definition) is 0. The van der Waals surface area contributed by atoms with Gasteiger partial charge in [-0.2, -0.15) is 0 Å². The van der Waals surface area contributed by atoms with Crippen LogP contribution in [0.5, 0.6) is 0 Å². The van der Waals surface area contributed by atoms with Crippen molar-refractivity contribution in [3.05, 3.63) is 6.92 Å². The fraction of sp³-hybridized carbons (Fsp3) is 0.925. The summed E-state index contributed by atoms with van der Waals surface area (Å²) in [4.78, 5) is 0. The van der Waals surface area contributed by atoms with Crippen LogP contribution in [-0.2, 0) is 0 Å². The Morgan fingerprint density at radius 1 is 0.250 bits per heavy atom. The third-order valence-electron chi connectivity index (χ3n) is 9.07. The van der Waals surface area contributed by atoms with Crippen molar-refractivity contribution >= 4 is 0 Å². The van der Waals surface area contributed by atoms with Crippen molar-refractivity contribution in [2.45, 2.75) is 238 Å². The van der Waals surface area contributed by atoms with Gasteiger partial charge >= 0.3 is 0 Å². The summed E-state index contributed by atoms with van der Waals surface area (Å²) >= 11 is 0. The quantitative estimate of drug-likeness (QED) is 0.0530. The molecule has 0 spiro atoms. The summed E-state index contributed by atoms with van der Waals surface area (Å²) < 4.78 is 0. The lowest BCUT2D eigenvalue weighted by Crippen LogP contribution is -1.85. The van der Waals surface area contributed by atoms with E-state index in [1.54, 1.807) is 0 Å². The molecule has 0 saturated carbocycles. The molecule has 0 saturated heterocycles. The smallest absolute Gasteiger partial charge is 0.00860 e. The van der Waals surface area contributed by atoms with Gasteiger partial charge in [-0.25, -0.2) is 0 Å². The van der Waals surface area contributed by atoms with Gasteiger partial charge in [-0.05, 0) is 6.42 Å². The fourth-order valence-corrected chi connectivity index (χ4v) is 6.24. The highest BCUT2D eigenvalue weighted by molar-refractivity contribution is 4.82. The zero-order valence-corrected chi connectivity index (χ0v) is 27.9. The molecule has 237 valence electrons. The normalized spacial score (nSPS) is 11.3. The maximum atomic E-state index is 5.30. The van der Waals surface area contributed by atoms with Gasteiger partial charge in [0.2, 0.25) is 0 Å². The van der Waals surface area contributed by atoms with Gasteiger partial charge in [0.15, 0.2) is 0 Å². The molecule has 0 aromatic heterocycles. The van der Waals surface area contributed by atoms with Gasteiger partial charge in [-0.3, -0.25) is 0 Å². The predicted octanol–water partition coefficient (Wildman–Crippen LogP) is 14.9. The second-order valence-electron chi connectivity index (χ2n) is 13.2. The van der Waals surface area contributed by atoms with Gasteiger partial charge in [0.25, 0.3) is 0 Å². The van der Waals surface area contributed by atoms with E-state index < -0.39 is 0 Å². The molecular formula is C40H77. The first-order valence-electron chi connectivity index (χ1n) is 19.1. The number of terminal acetylenes is 1. The molecule has 0 heteroatoms. The highest BCUT2D eigenvalue weighted by Gasteiger charge is 1.97. The van der Waals surface area contributed by atoms with Crippen LogP contribution in [-0.4, -0.2) is 0 Å². The Balaban J connectivity index is 3.02. The Bertz CT molecular complexity index is 457. The van der Waals surface area contributed by atoms with Crippen molar-refractivity contribution in [3.63, 3.8) is 0 Å². The van der Waals surface area contributed by atoms with Crippen LogP contribution in [0.2, 0.25) is 0 Å². The SMILES string of the molecule is C#CCCCCCCCCCCCCCCCCCCCCCCCCCCCCCCCCCCCCC[CH2]. The third kappa shape index (κ3) is 37.6. The van der Waals surface area contributed by atoms with E-state index >= 15 is 0 Å². The molecule has 0 rings (SSSR count). The van der Waals surface area contributed by atoms with Crippen molar-refractivity contribution in [1.29, 1.82) is 0 Å². The van der Waals surface area contributed by atoms with E-state index in [2.05, 4.69) is 12.8 Å². The van der Waals surface area contributed by atoms with Gasteiger partial charge in [-0.15, -0.1) is 12.3 Å². The Kier molecular flexibility index (Phi) is 38.1. The van der Waals surface area contributed by atoms with Gasteiger partial charge in [0.1, 0.15) is 0 Å². The molecule has 0 fully saturated rings. The van der Waals surface area contributed by atoms with E-state index in [1.807, 2.05) is 0 Å². The standard InChI is InChI=1S/C40H77/c1-3-5-7-9-11-13-15-17-19-21-23-25-27-29-31-33-35-37-39-40-38-36-34-32-30-28-26-24-22-20-18-16-14-12-10-8-6-4-2/h1H,2,4-40H2. The summed E-state index contributed by atoms with van der Waals surface area (Å²) in [6.07, 6.45) is 58.3. The number of unbranched alkanes of at least 4 members (excludes halogenated alkanes) is 36. The third-order valence-corrected chi connectivity index (χ3v) is 9.07. The summed E-state index contributed by atoms with van der Waals surface area (Å²) in [7, 11) is 0. The van der Waals surface area contributed by atoms with Crippen molar-refractivity contribution in [3.8, 4) is 12.3 Å². The number of rotatable bonds is 36. The first kappa shape index (κ1) is 39.6. The van der Waals surface area contributed by atoms with Crippen LogP contribution < -0.4 is 0 Å². The molecule has 0 heterocycles. The van der Waals surface area contributed by atoms with Crippen molar-refractivity contribution in [2.24, 2.45) is 0 Å². The van der Waals surface area contributed by atoms with Gasteiger partial charge in [-0.1, -0.05) is 232 Å². The molecular weight excluding hydrogens is 480 g/mol. The molecule has 0 bridgehead atoms. The lowest BCUT2D eigenvalue weighted by Gasteiger charge is -2.05. The molecule has 0 atom stereocenters. The Morgan fingerprint density at radius 3 is 0.550 bits per heavy atom. The summed E-state index contributed by atoms with van der Waals surface area (Å²) in [6.45, 7) is 3.93. The maximum absolute atomic E-state index is 5.30. The minimum Gasteiger partial charge on any atom is -0.120 e. The molecule has 40 heavy (non-hydrogen) atoms. The average Bonchev–Trinajstić information content (AvgIpc) is 2.97. The summed E-state index contributed by atoms with van der Waals surface area (Å²) in [6, 6.07) is 0. The minimum atomic E-state index is 0.971. The topological polar surface area (TPSA) is 0 Å². The van der Waals surface area contributed by atoms with E-state index in [0.717, 1.165) is 12.8 Å². The lowest BCUT2D eigenvalue weighted by molar-refractivity contribution is 0.510. The van der Waals surface area contributed by atoms with Crippen molar-refractivity contribution in [2.75, 3.05) is 0 Å². The van der Waals surface area contributed by atoms with E-state index in [1.165, 1.54) is 225 Å². The van der Waals surface area contributed by atoms with Gasteiger partial charge in [0, 0.05) is 6.42 Å². The zero-order valence-electron chi connectivity index (χ0n) is 27.9. The summed E-state index contributed by atoms with van der Waals surface area (Å²) in [5, 5.41) is 0. The number of hydrogen-bond donors (Lipinski definition) is 0. The largest absolute Gasteiger partial charge is 0.120 e. The first-order valence-corrected chi connectivity index (χ1v) is 19.1. The van der Waals surface area contributed by atoms with Gasteiger partial charge < -0.3 is 0 Å². The van der Waals surface area contributed by atoms with E-state index in [4.69, 9.17) is 6.42 Å². The monoisotopic (exact) mass is 558 g/mol. The van der Waals surface area contributed by atoms with Crippen LogP contribution in [0.15, 0.2) is 0 Å². The average molecular weight is 558 g/mol. The molecule has 0 N–H and O–H groups in total. The van der Waals surface area contributed by atoms with Crippen molar-refractivity contribution < 1.29 is 0 Å². The van der Waals surface area contributed by atoms with Crippen LogP contribution in [0.4, 0.5) is 0 Å². The summed E-state index contributed by atoms with van der Waals surface area (Å²) in [5.74, 6) is 2.74. The molecule has 0 aliphatic heterocycles. The molecule has 0 nitrogen and oxygen atoms in total. The Hall–Kier alpha value is -0.440. The van der Waals surface area contributed by atoms with Crippen LogP contribution in [0.3, 0.4) is 0 Å². The minimum absolute atomic E-state index is 0.971. The molecule has 0 aliphatic rings. The van der Waals surface area contributed by atoms with E-state index in [-0.39, 0.29) is 0 Å². The van der Waals surface area contributed by atoms with Crippen LogP contribution in [0.1, 0.15) is 238 Å². The molecule has 0 aromatic rings. The highest BCUT2D eigenvalue weighted by Crippen LogP contribution is 2.17. The van der Waals surface area contributed by atoms with Crippen molar-refractivity contribution in [1.82, 2.24) is 0 Å². The molecule has 0 amide bonds. The molecule has 0 unspecified atom stereocenters. The Morgan fingerprint density at radius 2 is 0.400 bits per heavy atom. The van der Waals surface area contributed by atoms with Gasteiger partial charge in [0.05, 0.1) is 0 Å². The second kappa shape index (κ2) is 38.6. The zero-order chi connectivity index (χ0) is 28.9. The summed E-state index contributed by atoms with van der Waals surface area (Å²) in [5.41, 5.74) is 0. The van der Waals surface area contributed by atoms with Crippen LogP contribution in [0.25, 0.3) is 0 Å². The fourth-order valence-electron chi connectivity index (χ4n) is 6.24. The second-order valence-corrected chi connectivity index (χ2v) is 13.2. The van der Waals surface area contributed by atoms with Crippen LogP contribution in [0, 0.1) is 19.3 Å².